The van der Waals surface area contributed by atoms with Gasteiger partial charge in [-0.15, -0.1) is 0 Å². The van der Waals surface area contributed by atoms with E-state index in [1.165, 1.54) is 18.3 Å². The van der Waals surface area contributed by atoms with Crippen molar-refractivity contribution >= 4 is 12.4 Å². The molecule has 2 rings (SSSR count). The van der Waals surface area contributed by atoms with Gasteiger partial charge in [0.1, 0.15) is 0 Å². The second-order valence-electron chi connectivity index (χ2n) is 4.52. The molecular weight excluding hydrogens is 277 g/mol. The minimum absolute atomic E-state index is 0.559. The van der Waals surface area contributed by atoms with Crippen LogP contribution in [0.3, 0.4) is 0 Å². The Bertz CT molecular complexity index is 639. The average molecular weight is 290 g/mol. The molecule has 0 bridgehead atoms. The van der Waals surface area contributed by atoms with Crippen LogP contribution in [-0.4, -0.2) is 12.4 Å². The number of hydrogen-bond donors (Lipinski definition) is 0. The number of halogens is 3. The molecule has 0 atom stereocenters. The maximum Gasteiger partial charge on any atom is 0.416 e. The molecule has 0 saturated carbocycles. The van der Waals surface area contributed by atoms with Gasteiger partial charge in [-0.1, -0.05) is 42.0 Å². The molecule has 0 aromatic heterocycles. The summed E-state index contributed by atoms with van der Waals surface area (Å²) in [4.78, 5) is 0. The minimum Gasteiger partial charge on any atom is -0.166 e. The highest BCUT2D eigenvalue weighted by Crippen LogP contribution is 2.28. The van der Waals surface area contributed by atoms with Gasteiger partial charge >= 0.3 is 6.18 Å². The summed E-state index contributed by atoms with van der Waals surface area (Å²) in [5.41, 5.74) is 1.94. The lowest BCUT2D eigenvalue weighted by Crippen LogP contribution is -2.04. The number of alkyl halides is 3. The zero-order valence-corrected chi connectivity index (χ0v) is 11.3. The van der Waals surface area contributed by atoms with Crippen molar-refractivity contribution in [3.8, 4) is 0 Å². The lowest BCUT2D eigenvalue weighted by molar-refractivity contribution is -0.137. The smallest absolute Gasteiger partial charge is 0.166 e. The molecule has 0 heterocycles. The molecule has 5 heteroatoms. The fourth-order valence-corrected chi connectivity index (χ4v) is 1.61. The van der Waals surface area contributed by atoms with Gasteiger partial charge < -0.3 is 0 Å². The number of nitrogens with zero attached hydrogens (tertiary/aromatic N) is 2. The van der Waals surface area contributed by atoms with Crippen molar-refractivity contribution in [2.24, 2.45) is 10.2 Å². The number of rotatable bonds is 3. The van der Waals surface area contributed by atoms with Gasteiger partial charge in [0.25, 0.3) is 0 Å². The lowest BCUT2D eigenvalue weighted by Gasteiger charge is -2.05. The molecular formula is C16H13F3N2. The van der Waals surface area contributed by atoms with E-state index in [4.69, 9.17) is 0 Å². The summed E-state index contributed by atoms with van der Waals surface area (Å²) in [6.07, 6.45) is -1.33. The number of aryl methyl sites for hydroxylation is 1. The van der Waals surface area contributed by atoms with Gasteiger partial charge in [0, 0.05) is 0 Å². The zero-order chi connectivity index (χ0) is 15.3. The maximum absolute atomic E-state index is 12.4. The standard InChI is InChI=1S/C16H13F3N2/c1-12-2-4-13(5-3-12)10-20-21-11-14-6-8-15(9-7-14)16(17,18)19/h2-11H,1H3. The van der Waals surface area contributed by atoms with Crippen LogP contribution >= 0.6 is 0 Å². The second-order valence-corrected chi connectivity index (χ2v) is 4.52. The van der Waals surface area contributed by atoms with Crippen molar-refractivity contribution in [2.45, 2.75) is 13.1 Å². The Morgan fingerprint density at radius 1 is 0.762 bits per heavy atom. The highest BCUT2D eigenvalue weighted by atomic mass is 19.4. The third-order valence-corrected chi connectivity index (χ3v) is 2.80. The molecule has 2 aromatic carbocycles. The Labute approximate surface area is 120 Å². The molecule has 0 saturated heterocycles. The number of benzene rings is 2. The average Bonchev–Trinajstić information content (AvgIpc) is 2.45. The van der Waals surface area contributed by atoms with E-state index < -0.39 is 11.7 Å². The van der Waals surface area contributed by atoms with Gasteiger partial charge in [0.15, 0.2) is 0 Å². The first kappa shape index (κ1) is 15.0. The summed E-state index contributed by atoms with van der Waals surface area (Å²) in [6, 6.07) is 12.5. The van der Waals surface area contributed by atoms with Crippen LogP contribution in [0, 0.1) is 6.92 Å². The molecule has 0 radical (unpaired) electrons. The van der Waals surface area contributed by atoms with Crippen molar-refractivity contribution in [3.05, 3.63) is 70.8 Å². The molecule has 0 aliphatic carbocycles. The van der Waals surface area contributed by atoms with Gasteiger partial charge in [-0.05, 0) is 30.2 Å². The highest BCUT2D eigenvalue weighted by molar-refractivity contribution is 5.82. The molecule has 0 aliphatic heterocycles. The fraction of sp³-hybridized carbons (Fsp3) is 0.125. The Kier molecular flexibility index (Phi) is 4.52. The van der Waals surface area contributed by atoms with E-state index in [2.05, 4.69) is 10.2 Å². The molecule has 0 unspecified atom stereocenters. The molecule has 2 nitrogen and oxygen atoms in total. The Balaban J connectivity index is 1.99. The summed E-state index contributed by atoms with van der Waals surface area (Å²) in [6.45, 7) is 1.99. The predicted octanol–water partition coefficient (Wildman–Crippen LogP) is 4.47. The summed E-state index contributed by atoms with van der Waals surface area (Å²) >= 11 is 0. The van der Waals surface area contributed by atoms with Crippen LogP contribution in [-0.2, 0) is 6.18 Å². The maximum atomic E-state index is 12.4. The van der Waals surface area contributed by atoms with Crippen LogP contribution in [0.1, 0.15) is 22.3 Å². The van der Waals surface area contributed by atoms with E-state index in [-0.39, 0.29) is 0 Å². The van der Waals surface area contributed by atoms with E-state index in [1.54, 1.807) is 6.21 Å². The molecule has 108 valence electrons. The molecule has 0 amide bonds. The van der Waals surface area contributed by atoms with Gasteiger partial charge in [0.05, 0.1) is 18.0 Å². The van der Waals surface area contributed by atoms with Crippen LogP contribution < -0.4 is 0 Å². The van der Waals surface area contributed by atoms with Crippen LogP contribution in [0.2, 0.25) is 0 Å². The van der Waals surface area contributed by atoms with Crippen molar-refractivity contribution in [1.82, 2.24) is 0 Å². The Morgan fingerprint density at radius 3 is 1.62 bits per heavy atom. The summed E-state index contributed by atoms with van der Waals surface area (Å²) < 4.78 is 37.2. The van der Waals surface area contributed by atoms with E-state index in [0.717, 1.165) is 23.3 Å². The molecule has 0 N–H and O–H groups in total. The van der Waals surface area contributed by atoms with Crippen LogP contribution in [0.4, 0.5) is 13.2 Å². The monoisotopic (exact) mass is 290 g/mol. The first-order valence-electron chi connectivity index (χ1n) is 6.25. The number of hydrogen-bond acceptors (Lipinski definition) is 2. The fourth-order valence-electron chi connectivity index (χ4n) is 1.61. The highest BCUT2D eigenvalue weighted by Gasteiger charge is 2.29. The minimum atomic E-state index is -4.32. The molecule has 2 aromatic rings. The Hall–Kier alpha value is -2.43. The predicted molar refractivity (Wildman–Crippen MR) is 77.8 cm³/mol. The van der Waals surface area contributed by atoms with Gasteiger partial charge in [-0.25, -0.2) is 0 Å². The van der Waals surface area contributed by atoms with Crippen molar-refractivity contribution in [2.75, 3.05) is 0 Å². The third-order valence-electron chi connectivity index (χ3n) is 2.80. The van der Waals surface area contributed by atoms with Gasteiger partial charge in [-0.2, -0.15) is 23.4 Å². The summed E-state index contributed by atoms with van der Waals surface area (Å²) in [7, 11) is 0. The lowest BCUT2D eigenvalue weighted by atomic mass is 10.1. The normalized spacial score (nSPS) is 12.4. The van der Waals surface area contributed by atoms with E-state index in [0.29, 0.717) is 5.56 Å². The van der Waals surface area contributed by atoms with E-state index in [9.17, 15) is 13.2 Å². The van der Waals surface area contributed by atoms with Crippen molar-refractivity contribution in [1.29, 1.82) is 0 Å². The van der Waals surface area contributed by atoms with Crippen LogP contribution in [0.15, 0.2) is 58.7 Å². The van der Waals surface area contributed by atoms with Crippen molar-refractivity contribution in [3.63, 3.8) is 0 Å². The van der Waals surface area contributed by atoms with Gasteiger partial charge in [0.2, 0.25) is 0 Å². The SMILES string of the molecule is Cc1ccc(C=NN=Cc2ccc(C(F)(F)F)cc2)cc1. The second kappa shape index (κ2) is 6.35. The molecule has 0 aliphatic rings. The van der Waals surface area contributed by atoms with E-state index >= 15 is 0 Å². The topological polar surface area (TPSA) is 24.7 Å². The molecule has 0 spiro atoms. The summed E-state index contributed by atoms with van der Waals surface area (Å²) in [5, 5.41) is 7.67. The summed E-state index contributed by atoms with van der Waals surface area (Å²) in [5.74, 6) is 0. The van der Waals surface area contributed by atoms with Crippen LogP contribution in [0.5, 0.6) is 0 Å². The first-order valence-corrected chi connectivity index (χ1v) is 6.25. The largest absolute Gasteiger partial charge is 0.416 e. The molecule has 21 heavy (non-hydrogen) atoms. The van der Waals surface area contributed by atoms with E-state index in [1.807, 2.05) is 31.2 Å². The van der Waals surface area contributed by atoms with Crippen LogP contribution in [0.25, 0.3) is 0 Å². The quantitative estimate of drug-likeness (QED) is 0.588. The van der Waals surface area contributed by atoms with Crippen molar-refractivity contribution < 1.29 is 13.2 Å². The zero-order valence-electron chi connectivity index (χ0n) is 11.3. The first-order chi connectivity index (χ1) is 9.95. The third kappa shape index (κ3) is 4.56. The molecule has 0 fully saturated rings. The van der Waals surface area contributed by atoms with Gasteiger partial charge in [-0.3, -0.25) is 0 Å². The Morgan fingerprint density at radius 2 is 1.19 bits per heavy atom.